The van der Waals surface area contributed by atoms with Crippen LogP contribution in [0.3, 0.4) is 0 Å². The number of anilines is 1. The van der Waals surface area contributed by atoms with Crippen molar-refractivity contribution < 1.29 is 13.2 Å². The molecule has 1 saturated carbocycles. The second-order valence-corrected chi connectivity index (χ2v) is 10.7. The van der Waals surface area contributed by atoms with Gasteiger partial charge in [-0.25, -0.2) is 13.1 Å². The maximum atomic E-state index is 12.7. The van der Waals surface area contributed by atoms with Crippen LogP contribution in [0.4, 0.5) is 5.69 Å². The summed E-state index contributed by atoms with van der Waals surface area (Å²) in [6.45, 7) is 6.58. The third-order valence-corrected chi connectivity index (χ3v) is 8.12. The van der Waals surface area contributed by atoms with Crippen molar-refractivity contribution >= 4 is 21.6 Å². The SMILES string of the molecule is C[C@H]1CCCN(CCCNS(=O)(=O)c2ccc3c(c2)CCN3C(=O)C2CCC2)C1. The molecule has 1 amide bonds. The second kappa shape index (κ2) is 8.74. The first-order chi connectivity index (χ1) is 13.9. The normalized spacial score (nSPS) is 23.1. The van der Waals surface area contributed by atoms with Gasteiger partial charge in [-0.05, 0) is 81.3 Å². The number of hydrogen-bond donors (Lipinski definition) is 1. The second-order valence-electron chi connectivity index (χ2n) is 8.96. The van der Waals surface area contributed by atoms with Gasteiger partial charge in [-0.2, -0.15) is 0 Å². The Bertz CT molecular complexity index is 851. The lowest BCUT2D eigenvalue weighted by Gasteiger charge is -2.30. The highest BCUT2D eigenvalue weighted by Gasteiger charge is 2.33. The number of likely N-dealkylation sites (tertiary alicyclic amines) is 1. The topological polar surface area (TPSA) is 69.7 Å². The Morgan fingerprint density at radius 2 is 2.00 bits per heavy atom. The summed E-state index contributed by atoms with van der Waals surface area (Å²) in [7, 11) is -3.52. The van der Waals surface area contributed by atoms with Gasteiger partial charge in [0.15, 0.2) is 0 Å². The summed E-state index contributed by atoms with van der Waals surface area (Å²) >= 11 is 0. The molecule has 2 fully saturated rings. The first-order valence-corrected chi connectivity index (χ1v) is 12.6. The highest BCUT2D eigenvalue weighted by Crippen LogP contribution is 2.35. The molecule has 0 bridgehead atoms. The lowest BCUT2D eigenvalue weighted by Crippen LogP contribution is -2.37. The van der Waals surface area contributed by atoms with Gasteiger partial charge in [0, 0.05) is 31.2 Å². The number of hydrogen-bond acceptors (Lipinski definition) is 4. The van der Waals surface area contributed by atoms with Crippen molar-refractivity contribution in [2.45, 2.75) is 56.8 Å². The Morgan fingerprint density at radius 1 is 1.17 bits per heavy atom. The predicted molar refractivity (Wildman–Crippen MR) is 114 cm³/mol. The monoisotopic (exact) mass is 419 g/mol. The molecule has 1 aromatic carbocycles. The van der Waals surface area contributed by atoms with Crippen molar-refractivity contribution in [3.05, 3.63) is 23.8 Å². The summed E-state index contributed by atoms with van der Waals surface area (Å²) in [5.74, 6) is 1.10. The number of sulfonamides is 1. The van der Waals surface area contributed by atoms with Crippen LogP contribution in [-0.4, -0.2) is 51.9 Å². The maximum Gasteiger partial charge on any atom is 0.240 e. The van der Waals surface area contributed by atoms with Gasteiger partial charge in [0.1, 0.15) is 0 Å². The average Bonchev–Trinajstić information content (AvgIpc) is 3.07. The molecule has 0 unspecified atom stereocenters. The summed E-state index contributed by atoms with van der Waals surface area (Å²) in [5, 5.41) is 0. The molecule has 3 aliphatic rings. The van der Waals surface area contributed by atoms with Crippen LogP contribution in [0.5, 0.6) is 0 Å². The van der Waals surface area contributed by atoms with E-state index in [0.717, 1.165) is 68.9 Å². The van der Waals surface area contributed by atoms with Crippen molar-refractivity contribution in [1.29, 1.82) is 0 Å². The van der Waals surface area contributed by atoms with Gasteiger partial charge < -0.3 is 9.80 Å². The fraction of sp³-hybridized carbons (Fsp3) is 0.682. The van der Waals surface area contributed by atoms with Crippen LogP contribution in [0, 0.1) is 11.8 Å². The van der Waals surface area contributed by atoms with Gasteiger partial charge in [-0.15, -0.1) is 0 Å². The number of piperidine rings is 1. The minimum atomic E-state index is -3.52. The first kappa shape index (κ1) is 20.8. The standard InChI is InChI=1S/C22H33N3O3S/c1-17-5-3-12-24(16-17)13-4-11-23-29(27,28)20-8-9-21-19(15-20)10-14-25(21)22(26)18-6-2-7-18/h8-9,15,17-18,23H,2-7,10-14,16H2,1H3/t17-/m0/s1. The van der Waals surface area contributed by atoms with E-state index in [1.165, 1.54) is 12.8 Å². The minimum absolute atomic E-state index is 0.161. The van der Waals surface area contributed by atoms with Gasteiger partial charge in [-0.3, -0.25) is 4.79 Å². The molecule has 0 radical (unpaired) electrons. The van der Waals surface area contributed by atoms with E-state index in [1.807, 2.05) is 11.0 Å². The molecule has 2 heterocycles. The summed E-state index contributed by atoms with van der Waals surface area (Å²) in [5.41, 5.74) is 1.85. The summed E-state index contributed by atoms with van der Waals surface area (Å²) in [4.78, 5) is 17.2. The van der Waals surface area contributed by atoms with Gasteiger partial charge in [0.25, 0.3) is 0 Å². The number of amides is 1. The van der Waals surface area contributed by atoms with Crippen LogP contribution in [0.15, 0.2) is 23.1 Å². The molecule has 7 heteroatoms. The predicted octanol–water partition coefficient (Wildman–Crippen LogP) is 2.78. The largest absolute Gasteiger partial charge is 0.312 e. The molecule has 1 atom stereocenters. The van der Waals surface area contributed by atoms with E-state index in [4.69, 9.17) is 0 Å². The Morgan fingerprint density at radius 3 is 2.72 bits per heavy atom. The molecule has 1 aliphatic carbocycles. The smallest absolute Gasteiger partial charge is 0.240 e. The molecule has 29 heavy (non-hydrogen) atoms. The van der Waals surface area contributed by atoms with E-state index in [1.54, 1.807) is 12.1 Å². The van der Waals surface area contributed by atoms with Gasteiger partial charge >= 0.3 is 0 Å². The third kappa shape index (κ3) is 4.67. The number of nitrogens with zero attached hydrogens (tertiary/aromatic N) is 2. The van der Waals surface area contributed by atoms with E-state index in [2.05, 4.69) is 16.5 Å². The third-order valence-electron chi connectivity index (χ3n) is 6.66. The van der Waals surface area contributed by atoms with E-state index in [9.17, 15) is 13.2 Å². The Balaban J connectivity index is 1.32. The van der Waals surface area contributed by atoms with E-state index in [-0.39, 0.29) is 11.8 Å². The van der Waals surface area contributed by atoms with Crippen LogP contribution >= 0.6 is 0 Å². The van der Waals surface area contributed by atoms with Crippen LogP contribution in [0.2, 0.25) is 0 Å². The Hall–Kier alpha value is -1.44. The molecule has 160 valence electrons. The summed E-state index contributed by atoms with van der Waals surface area (Å²) in [6.07, 6.45) is 7.18. The molecule has 1 aromatic rings. The number of rotatable bonds is 7. The quantitative estimate of drug-likeness (QED) is 0.690. The molecule has 0 aromatic heterocycles. The van der Waals surface area contributed by atoms with Gasteiger partial charge in [0.2, 0.25) is 15.9 Å². The van der Waals surface area contributed by atoms with Crippen molar-refractivity contribution in [3.63, 3.8) is 0 Å². The average molecular weight is 420 g/mol. The fourth-order valence-electron chi connectivity index (χ4n) is 4.73. The highest BCUT2D eigenvalue weighted by atomic mass is 32.2. The minimum Gasteiger partial charge on any atom is -0.312 e. The van der Waals surface area contributed by atoms with Crippen molar-refractivity contribution in [3.8, 4) is 0 Å². The summed E-state index contributed by atoms with van der Waals surface area (Å²) in [6, 6.07) is 5.19. The van der Waals surface area contributed by atoms with E-state index >= 15 is 0 Å². The van der Waals surface area contributed by atoms with Crippen LogP contribution in [-0.2, 0) is 21.2 Å². The highest BCUT2D eigenvalue weighted by molar-refractivity contribution is 7.89. The molecular weight excluding hydrogens is 386 g/mol. The molecule has 0 spiro atoms. The first-order valence-electron chi connectivity index (χ1n) is 11.1. The number of nitrogens with one attached hydrogen (secondary N) is 1. The number of fused-ring (bicyclic) bond motifs is 1. The maximum absolute atomic E-state index is 12.7. The molecule has 2 aliphatic heterocycles. The Labute approximate surface area is 174 Å². The van der Waals surface area contributed by atoms with Crippen LogP contribution in [0.25, 0.3) is 0 Å². The zero-order chi connectivity index (χ0) is 20.4. The zero-order valence-corrected chi connectivity index (χ0v) is 18.2. The molecule has 6 nitrogen and oxygen atoms in total. The number of benzene rings is 1. The van der Waals surface area contributed by atoms with E-state index in [0.29, 0.717) is 18.0 Å². The molecule has 1 N–H and O–H groups in total. The van der Waals surface area contributed by atoms with Crippen molar-refractivity contribution in [1.82, 2.24) is 9.62 Å². The van der Waals surface area contributed by atoms with E-state index < -0.39 is 10.0 Å². The molecule has 1 saturated heterocycles. The van der Waals surface area contributed by atoms with Gasteiger partial charge in [0.05, 0.1) is 4.90 Å². The van der Waals surface area contributed by atoms with Crippen molar-refractivity contribution in [2.24, 2.45) is 11.8 Å². The lowest BCUT2D eigenvalue weighted by atomic mass is 9.84. The van der Waals surface area contributed by atoms with Crippen LogP contribution in [0.1, 0.15) is 51.0 Å². The fourth-order valence-corrected chi connectivity index (χ4v) is 5.86. The Kier molecular flexibility index (Phi) is 6.27. The number of carbonyl (C=O) groups excluding carboxylic acids is 1. The van der Waals surface area contributed by atoms with Crippen molar-refractivity contribution in [2.75, 3.05) is 37.6 Å². The molecule has 4 rings (SSSR count). The van der Waals surface area contributed by atoms with Crippen LogP contribution < -0.4 is 9.62 Å². The lowest BCUT2D eigenvalue weighted by molar-refractivity contribution is -0.124. The summed E-state index contributed by atoms with van der Waals surface area (Å²) < 4.78 is 28.2. The zero-order valence-electron chi connectivity index (χ0n) is 17.4. The number of carbonyl (C=O) groups is 1. The van der Waals surface area contributed by atoms with Gasteiger partial charge in [-0.1, -0.05) is 13.3 Å². The molecular formula is C22H33N3O3S.